The molecule has 0 aromatic carbocycles. The Kier molecular flexibility index (Phi) is 8.81. The van der Waals surface area contributed by atoms with Gasteiger partial charge in [0, 0.05) is 5.38 Å². The Morgan fingerprint density at radius 1 is 1.10 bits per heavy atom. The molecule has 3 heterocycles. The zero-order valence-electron chi connectivity index (χ0n) is 23.6. The number of esters is 1. The number of ether oxygens (including phenoxy) is 2. The third-order valence-corrected chi connectivity index (χ3v) is 5.73. The summed E-state index contributed by atoms with van der Waals surface area (Å²) in [5.74, 6) is -1.91. The second-order valence-corrected chi connectivity index (χ2v) is 12.3. The van der Waals surface area contributed by atoms with E-state index in [1.807, 2.05) is 0 Å². The zero-order chi connectivity index (χ0) is 29.9. The van der Waals surface area contributed by atoms with E-state index in [2.05, 4.69) is 36.2 Å². The van der Waals surface area contributed by atoms with Crippen molar-refractivity contribution in [2.75, 3.05) is 5.32 Å². The molecule has 1 aliphatic heterocycles. The first-order chi connectivity index (χ1) is 18.4. The minimum atomic E-state index is -1.57. The second-order valence-electron chi connectivity index (χ2n) is 11.4. The highest BCUT2D eigenvalue weighted by Crippen LogP contribution is 2.21. The van der Waals surface area contributed by atoms with Crippen LogP contribution in [0, 0.1) is 0 Å². The molecule has 2 aromatic rings. The van der Waals surface area contributed by atoms with Crippen molar-refractivity contribution in [1.29, 1.82) is 0 Å². The van der Waals surface area contributed by atoms with Crippen molar-refractivity contribution in [3.8, 4) is 0 Å². The molecule has 0 radical (unpaired) electrons. The van der Waals surface area contributed by atoms with Gasteiger partial charge in [0.1, 0.15) is 35.6 Å². The first-order valence-electron chi connectivity index (χ1n) is 12.3. The van der Waals surface area contributed by atoms with Crippen LogP contribution in [0.25, 0.3) is 0 Å². The fraction of sp³-hybridized carbons (Fsp3) is 0.583. The molecule has 1 saturated heterocycles. The number of carbonyl (C=O) groups excluding carboxylic acids is 4. The van der Waals surface area contributed by atoms with Crippen molar-refractivity contribution in [2.45, 2.75) is 90.8 Å². The lowest BCUT2D eigenvalue weighted by Gasteiger charge is -2.36. The van der Waals surface area contributed by atoms with Crippen LogP contribution in [0.5, 0.6) is 0 Å². The Morgan fingerprint density at radius 2 is 1.77 bits per heavy atom. The minimum Gasteiger partial charge on any atom is -0.457 e. The topological polar surface area (TPSA) is 188 Å². The van der Waals surface area contributed by atoms with Crippen LogP contribution in [-0.2, 0) is 35.2 Å². The van der Waals surface area contributed by atoms with Crippen molar-refractivity contribution in [1.82, 2.24) is 30.4 Å². The Morgan fingerprint density at radius 3 is 2.35 bits per heavy atom. The largest absolute Gasteiger partial charge is 0.457 e. The first kappa shape index (κ1) is 30.5. The summed E-state index contributed by atoms with van der Waals surface area (Å²) in [6.45, 7) is 13.4. The number of hydrogen-bond acceptors (Lipinski definition) is 12. The van der Waals surface area contributed by atoms with Crippen LogP contribution < -0.4 is 16.0 Å². The fourth-order valence-electron chi connectivity index (χ4n) is 3.13. The van der Waals surface area contributed by atoms with Gasteiger partial charge in [-0.05, 0) is 55.4 Å². The van der Waals surface area contributed by atoms with Gasteiger partial charge < -0.3 is 24.9 Å². The molecular weight excluding hydrogens is 544 g/mol. The molecule has 0 aliphatic carbocycles. The standard InChI is InChI=1S/C24H34N8O7S/c1-22(2,3)37-19(35)24(7,8)39-31-16(14-10-40-20(28-14)30-21(36)38-23(4,5)6)18(34)29-15-13(27-17(15)33)9-32-12-25-11-26-32/h10-13,15H,9H2,1-8H3,(H,27,33)(H,29,34)(H,28,30,36)/t13-,15-/m0/s1. The molecular formula is C24H34N8O7S. The number of thiazole rings is 1. The predicted molar refractivity (Wildman–Crippen MR) is 143 cm³/mol. The molecule has 1 aliphatic rings. The summed E-state index contributed by atoms with van der Waals surface area (Å²) in [6.07, 6.45) is 2.10. The zero-order valence-corrected chi connectivity index (χ0v) is 24.4. The highest BCUT2D eigenvalue weighted by Gasteiger charge is 2.42. The number of amides is 3. The van der Waals surface area contributed by atoms with E-state index in [-0.39, 0.29) is 23.1 Å². The number of β-lactam (4-membered cyclic amide) rings is 1. The van der Waals surface area contributed by atoms with E-state index in [0.29, 0.717) is 0 Å². The number of anilines is 1. The summed E-state index contributed by atoms with van der Waals surface area (Å²) in [4.78, 5) is 64.1. The third kappa shape index (κ3) is 8.46. The van der Waals surface area contributed by atoms with Gasteiger partial charge in [-0.25, -0.2) is 19.6 Å². The second kappa shape index (κ2) is 11.6. The SMILES string of the molecule is CC(C)(C)OC(=O)Nc1nc(C(=NOC(C)(C)C(=O)OC(C)(C)C)C(=O)N[C@@H]2C(=O)N[C@H]2Cn2cncn2)cs1. The van der Waals surface area contributed by atoms with Gasteiger partial charge >= 0.3 is 12.1 Å². The number of rotatable bonds is 9. The van der Waals surface area contributed by atoms with Crippen LogP contribution in [0.1, 0.15) is 61.1 Å². The first-order valence-corrected chi connectivity index (χ1v) is 13.2. The molecule has 15 nitrogen and oxygen atoms in total. The lowest BCUT2D eigenvalue weighted by Crippen LogP contribution is -2.70. The van der Waals surface area contributed by atoms with E-state index in [4.69, 9.17) is 14.3 Å². The predicted octanol–water partition coefficient (Wildman–Crippen LogP) is 1.61. The third-order valence-electron chi connectivity index (χ3n) is 4.97. The van der Waals surface area contributed by atoms with E-state index < -0.39 is 52.8 Å². The maximum absolute atomic E-state index is 13.4. The lowest BCUT2D eigenvalue weighted by atomic mass is 9.98. The monoisotopic (exact) mass is 578 g/mol. The Balaban J connectivity index is 1.83. The van der Waals surface area contributed by atoms with Crippen molar-refractivity contribution < 1.29 is 33.5 Å². The quantitative estimate of drug-likeness (QED) is 0.171. The van der Waals surface area contributed by atoms with Crippen molar-refractivity contribution in [2.24, 2.45) is 5.16 Å². The maximum atomic E-state index is 13.4. The Labute approximate surface area is 235 Å². The van der Waals surface area contributed by atoms with Gasteiger partial charge in [-0.2, -0.15) is 5.10 Å². The van der Waals surface area contributed by atoms with Crippen LogP contribution in [0.2, 0.25) is 0 Å². The molecule has 2 atom stereocenters. The summed E-state index contributed by atoms with van der Waals surface area (Å²) in [5, 5.41) is 17.4. The summed E-state index contributed by atoms with van der Waals surface area (Å²) < 4.78 is 12.1. The molecule has 218 valence electrons. The summed E-state index contributed by atoms with van der Waals surface area (Å²) in [7, 11) is 0. The Bertz CT molecular complexity index is 1270. The molecule has 0 unspecified atom stereocenters. The van der Waals surface area contributed by atoms with Gasteiger partial charge in [-0.3, -0.25) is 19.6 Å². The van der Waals surface area contributed by atoms with E-state index in [1.165, 1.54) is 36.6 Å². The van der Waals surface area contributed by atoms with E-state index in [0.717, 1.165) is 11.3 Å². The molecule has 16 heteroatoms. The van der Waals surface area contributed by atoms with Crippen LogP contribution in [0.3, 0.4) is 0 Å². The van der Waals surface area contributed by atoms with E-state index in [9.17, 15) is 19.2 Å². The number of carbonyl (C=O) groups is 4. The molecule has 0 saturated carbocycles. The van der Waals surface area contributed by atoms with Crippen LogP contribution in [0.15, 0.2) is 23.2 Å². The van der Waals surface area contributed by atoms with Crippen molar-refractivity contribution >= 4 is 46.1 Å². The van der Waals surface area contributed by atoms with Gasteiger partial charge in [-0.15, -0.1) is 11.3 Å². The molecule has 3 amide bonds. The number of nitrogens with zero attached hydrogens (tertiary/aromatic N) is 5. The van der Waals surface area contributed by atoms with Crippen LogP contribution >= 0.6 is 11.3 Å². The highest BCUT2D eigenvalue weighted by molar-refractivity contribution is 7.14. The van der Waals surface area contributed by atoms with Crippen molar-refractivity contribution in [3.05, 3.63) is 23.7 Å². The molecule has 3 N–H and O–H groups in total. The summed E-state index contributed by atoms with van der Waals surface area (Å²) >= 11 is 1.01. The maximum Gasteiger partial charge on any atom is 0.413 e. The number of aromatic nitrogens is 4. The minimum absolute atomic E-state index is 0.0288. The summed E-state index contributed by atoms with van der Waals surface area (Å²) in [6, 6.07) is -1.36. The molecule has 2 aromatic heterocycles. The molecule has 1 fully saturated rings. The van der Waals surface area contributed by atoms with Gasteiger partial charge in [-0.1, -0.05) is 5.16 Å². The molecule has 3 rings (SSSR count). The highest BCUT2D eigenvalue weighted by atomic mass is 32.1. The van der Waals surface area contributed by atoms with Crippen LogP contribution in [0.4, 0.5) is 9.93 Å². The number of hydrogen-bond donors (Lipinski definition) is 3. The Hall–Kier alpha value is -4.08. The lowest BCUT2D eigenvalue weighted by molar-refractivity contribution is -0.179. The van der Waals surface area contributed by atoms with Crippen molar-refractivity contribution in [3.63, 3.8) is 0 Å². The van der Waals surface area contributed by atoms with Gasteiger partial charge in [0.2, 0.25) is 11.5 Å². The fourth-order valence-corrected chi connectivity index (χ4v) is 3.81. The van der Waals surface area contributed by atoms with E-state index >= 15 is 0 Å². The van der Waals surface area contributed by atoms with Gasteiger partial charge in [0.05, 0.1) is 12.6 Å². The van der Waals surface area contributed by atoms with Gasteiger partial charge in [0.15, 0.2) is 10.8 Å². The number of nitrogens with one attached hydrogen (secondary N) is 3. The molecule has 0 bridgehead atoms. The average Bonchev–Trinajstić information content (AvgIpc) is 3.47. The van der Waals surface area contributed by atoms with E-state index in [1.54, 1.807) is 41.5 Å². The molecule has 0 spiro atoms. The molecule has 40 heavy (non-hydrogen) atoms. The average molecular weight is 579 g/mol. The van der Waals surface area contributed by atoms with Gasteiger partial charge in [0.25, 0.3) is 5.91 Å². The summed E-state index contributed by atoms with van der Waals surface area (Å²) in [5.41, 5.74) is -3.39. The normalized spacial score (nSPS) is 17.8. The van der Waals surface area contributed by atoms with Crippen LogP contribution in [-0.4, -0.2) is 78.2 Å². The smallest absolute Gasteiger partial charge is 0.413 e. The number of oxime groups is 1.